The van der Waals surface area contributed by atoms with Gasteiger partial charge in [0.25, 0.3) is 0 Å². The van der Waals surface area contributed by atoms with Crippen molar-refractivity contribution in [3.8, 4) is 23.0 Å². The van der Waals surface area contributed by atoms with Crippen molar-refractivity contribution in [3.05, 3.63) is 46.5 Å². The molecule has 2 aromatic carbocycles. The van der Waals surface area contributed by atoms with Crippen LogP contribution in [0.15, 0.2) is 24.3 Å². The normalized spacial score (nSPS) is 35.8. The van der Waals surface area contributed by atoms with Gasteiger partial charge in [0.15, 0.2) is 35.2 Å². The van der Waals surface area contributed by atoms with Crippen LogP contribution in [0.5, 0.6) is 23.0 Å². The van der Waals surface area contributed by atoms with Gasteiger partial charge in [-0.3, -0.25) is 9.80 Å². The predicted molar refractivity (Wildman–Crippen MR) is 218 cm³/mol. The van der Waals surface area contributed by atoms with Gasteiger partial charge in [-0.05, 0) is 125 Å². The lowest BCUT2D eigenvalue weighted by Crippen LogP contribution is -2.61. The molecule has 0 bridgehead atoms. The van der Waals surface area contributed by atoms with E-state index in [1.165, 1.54) is 6.07 Å². The molecule has 4 saturated heterocycles. The first-order valence-electron chi connectivity index (χ1n) is 22.0. The van der Waals surface area contributed by atoms with Crippen molar-refractivity contribution in [2.24, 2.45) is 11.8 Å². The molecule has 62 heavy (non-hydrogen) atoms. The second-order valence-corrected chi connectivity index (χ2v) is 17.6. The summed E-state index contributed by atoms with van der Waals surface area (Å²) in [4.78, 5) is 27.7. The summed E-state index contributed by atoms with van der Waals surface area (Å²) in [6, 6.07) is 7.76. The van der Waals surface area contributed by atoms with Crippen LogP contribution in [0.1, 0.15) is 74.6 Å². The lowest BCUT2D eigenvalue weighted by atomic mass is 9.75. The molecule has 2 aliphatic carbocycles. The minimum absolute atomic E-state index is 0.0492. The monoisotopic (exact) mass is 874 g/mol. The lowest BCUT2D eigenvalue weighted by molar-refractivity contribution is -0.271. The molecule has 0 saturated carbocycles. The van der Waals surface area contributed by atoms with Gasteiger partial charge in [0.05, 0.1) is 0 Å². The van der Waals surface area contributed by atoms with E-state index in [0.29, 0.717) is 30.3 Å². The Labute approximate surface area is 359 Å². The van der Waals surface area contributed by atoms with Crippen molar-refractivity contribution < 1.29 is 79.6 Å². The van der Waals surface area contributed by atoms with Gasteiger partial charge in [-0.25, -0.2) is 9.59 Å². The highest BCUT2D eigenvalue weighted by Crippen LogP contribution is 2.45. The van der Waals surface area contributed by atoms with E-state index in [4.69, 9.17) is 18.9 Å². The molecule has 8 rings (SSSR count). The van der Waals surface area contributed by atoms with E-state index >= 15 is 0 Å². The summed E-state index contributed by atoms with van der Waals surface area (Å²) in [7, 11) is 0. The number of aromatic hydroxyl groups is 2. The van der Waals surface area contributed by atoms with Crippen LogP contribution in [-0.4, -0.2) is 172 Å². The number of hydrogen-bond acceptors (Lipinski definition) is 16. The molecule has 2 aromatic rings. The van der Waals surface area contributed by atoms with E-state index in [-0.39, 0.29) is 23.0 Å². The van der Waals surface area contributed by atoms with Crippen LogP contribution in [0.4, 0.5) is 0 Å². The van der Waals surface area contributed by atoms with Crippen molar-refractivity contribution in [3.63, 3.8) is 0 Å². The smallest absolute Gasteiger partial charge is 0.335 e. The number of carboxylic acids is 2. The van der Waals surface area contributed by atoms with E-state index in [9.17, 15) is 60.7 Å². The third-order valence-electron chi connectivity index (χ3n) is 13.7. The zero-order valence-corrected chi connectivity index (χ0v) is 35.1. The van der Waals surface area contributed by atoms with Gasteiger partial charge in [-0.1, -0.05) is 26.0 Å². The Morgan fingerprint density at radius 1 is 0.629 bits per heavy atom. The molecule has 344 valence electrons. The number of aliphatic hydroxyl groups is 6. The Morgan fingerprint density at radius 3 is 1.60 bits per heavy atom. The third kappa shape index (κ3) is 9.22. The Bertz CT molecular complexity index is 1900. The van der Waals surface area contributed by atoms with Gasteiger partial charge in [0, 0.05) is 23.2 Å². The third-order valence-corrected chi connectivity index (χ3v) is 13.7. The van der Waals surface area contributed by atoms with Gasteiger partial charge < -0.3 is 70.0 Å². The van der Waals surface area contributed by atoms with E-state index in [0.717, 1.165) is 106 Å². The number of benzene rings is 2. The van der Waals surface area contributed by atoms with E-state index in [1.807, 2.05) is 12.1 Å². The first-order valence-corrected chi connectivity index (χ1v) is 22.0. The maximum Gasteiger partial charge on any atom is 0.335 e. The average molecular weight is 875 g/mol. The summed E-state index contributed by atoms with van der Waals surface area (Å²) < 4.78 is 21.8. The molecule has 18 heteroatoms. The number of hydrogen-bond donors (Lipinski definition) is 10. The van der Waals surface area contributed by atoms with E-state index in [2.05, 4.69) is 23.6 Å². The number of likely N-dealkylation sites (tertiary alicyclic amines) is 2. The van der Waals surface area contributed by atoms with Crippen molar-refractivity contribution in [2.45, 2.75) is 152 Å². The lowest BCUT2D eigenvalue weighted by Gasteiger charge is -2.45. The summed E-state index contributed by atoms with van der Waals surface area (Å²) in [6.07, 6.45) is -7.34. The number of carboxylic acid groups (broad SMARTS) is 2. The fraction of sp³-hybridized carbons (Fsp3) is 0.682. The molecule has 0 unspecified atom stereocenters. The fourth-order valence-corrected chi connectivity index (χ4v) is 10.5. The highest BCUT2D eigenvalue weighted by Gasteiger charge is 2.50. The molecule has 4 aliphatic heterocycles. The first kappa shape index (κ1) is 46.2. The second kappa shape index (κ2) is 19.5. The van der Waals surface area contributed by atoms with Crippen molar-refractivity contribution >= 4 is 11.9 Å². The summed E-state index contributed by atoms with van der Waals surface area (Å²) in [5.74, 6) is -2.11. The minimum Gasteiger partial charge on any atom is -0.504 e. The quantitative estimate of drug-likeness (QED) is 0.156. The standard InChI is InChI=1S/2C22H31NO8/c1-2-7-23-8-3-4-12-9-13-11(10-14(12)23)5-6-15(24)19(13)30-22-18(27)16(25)17(26)20(31-22)21(28)29;1-2-7-23-8-3-4-12-9-13-11(10-14(12)23)5-6-15(16(13)24)30-22-19(27)17(25)18(26)20(31-22)21(28)29/h5-6,12,14,16-18,20,22,24-27H,2-4,7-10H2,1H3,(H,28,29);5-6,12,14,17-20,22,24-27H,2-4,7-10H2,1H3,(H,28,29)/t12-,14-,16+,17+,18-,20+,22-;12-,14-,17+,18+,19-,20+,22-/m11/s1. The number of phenols is 2. The zero-order chi connectivity index (χ0) is 44.6. The maximum absolute atomic E-state index is 11.4. The van der Waals surface area contributed by atoms with Crippen LogP contribution in [0.2, 0.25) is 0 Å². The summed E-state index contributed by atoms with van der Waals surface area (Å²) in [5.41, 5.74) is 3.72. The van der Waals surface area contributed by atoms with E-state index < -0.39 is 73.4 Å². The molecule has 0 radical (unpaired) electrons. The topological polar surface area (TPSA) is 280 Å². The van der Waals surface area contributed by atoms with Crippen molar-refractivity contribution in [1.29, 1.82) is 0 Å². The molecule has 6 aliphatic rings. The number of ether oxygens (including phenoxy) is 4. The Morgan fingerprint density at radius 2 is 1.10 bits per heavy atom. The molecule has 0 amide bonds. The van der Waals surface area contributed by atoms with Crippen LogP contribution in [0.25, 0.3) is 0 Å². The van der Waals surface area contributed by atoms with Crippen molar-refractivity contribution in [1.82, 2.24) is 9.80 Å². The van der Waals surface area contributed by atoms with Gasteiger partial charge in [0.1, 0.15) is 36.6 Å². The Kier molecular flexibility index (Phi) is 14.5. The summed E-state index contributed by atoms with van der Waals surface area (Å²) in [5, 5.41) is 100. The second-order valence-electron chi connectivity index (χ2n) is 17.6. The molecule has 10 N–H and O–H groups in total. The number of rotatable bonds is 10. The molecule has 18 nitrogen and oxygen atoms in total. The molecular weight excluding hydrogens is 812 g/mol. The van der Waals surface area contributed by atoms with Crippen molar-refractivity contribution in [2.75, 3.05) is 26.2 Å². The molecule has 14 atom stereocenters. The Hall–Kier alpha value is -3.82. The predicted octanol–water partition coefficient (Wildman–Crippen LogP) is 0.505. The minimum atomic E-state index is -1.79. The SMILES string of the molecule is CCCN1CCC[C@@H]2Cc3c(ccc(O)c3O[C@@H]3O[C@H](C(=O)O)[C@@H](O)[C@H](O)[C@H]3O)C[C@H]21.CCCN1CCC[C@@H]2Cc3c(ccc(O[C@@H]4O[C@H](C(=O)O)[C@@H](O)[C@H](O)[C@H]4O)c3O)C[C@H]21. The number of nitrogens with zero attached hydrogens (tertiary/aromatic N) is 2. The largest absolute Gasteiger partial charge is 0.504 e. The summed E-state index contributed by atoms with van der Waals surface area (Å²) >= 11 is 0. The average Bonchev–Trinajstić information content (AvgIpc) is 3.25. The fourth-order valence-electron chi connectivity index (χ4n) is 10.5. The number of phenolic OH excluding ortho intramolecular Hbond substituents is 2. The molecule has 0 spiro atoms. The van der Waals surface area contributed by atoms with Crippen LogP contribution < -0.4 is 9.47 Å². The highest BCUT2D eigenvalue weighted by molar-refractivity contribution is 5.74. The molecular formula is C44H62N2O16. The summed E-state index contributed by atoms with van der Waals surface area (Å²) in [6.45, 7) is 8.67. The zero-order valence-electron chi connectivity index (χ0n) is 35.1. The Balaban J connectivity index is 0.000000186. The first-order chi connectivity index (χ1) is 29.6. The number of fused-ring (bicyclic) bond motifs is 4. The van der Waals surface area contributed by atoms with Crippen LogP contribution in [0.3, 0.4) is 0 Å². The van der Waals surface area contributed by atoms with Crippen LogP contribution in [-0.2, 0) is 44.7 Å². The molecule has 0 aromatic heterocycles. The van der Waals surface area contributed by atoms with E-state index in [1.54, 1.807) is 6.07 Å². The number of aliphatic hydroxyl groups excluding tert-OH is 6. The van der Waals surface area contributed by atoms with Gasteiger partial charge in [-0.2, -0.15) is 0 Å². The number of piperidine rings is 2. The van der Waals surface area contributed by atoms with Crippen LogP contribution in [0, 0.1) is 11.8 Å². The van der Waals surface area contributed by atoms with Crippen LogP contribution >= 0.6 is 0 Å². The molecule has 4 heterocycles. The maximum atomic E-state index is 11.4. The van der Waals surface area contributed by atoms with Gasteiger partial charge >= 0.3 is 11.9 Å². The number of carbonyl (C=O) groups is 2. The highest BCUT2D eigenvalue weighted by atomic mass is 16.7. The molecule has 4 fully saturated rings. The van der Waals surface area contributed by atoms with Gasteiger partial charge in [-0.15, -0.1) is 0 Å². The number of aliphatic carboxylic acids is 2. The van der Waals surface area contributed by atoms with Gasteiger partial charge in [0.2, 0.25) is 12.6 Å².